The van der Waals surface area contributed by atoms with Crippen molar-refractivity contribution in [1.82, 2.24) is 10.2 Å². The lowest BCUT2D eigenvalue weighted by molar-refractivity contribution is -0.118. The molecule has 0 spiro atoms. The first-order chi connectivity index (χ1) is 7.06. The summed E-state index contributed by atoms with van der Waals surface area (Å²) in [6.45, 7) is 9.61. The fraction of sp³-hybridized carbons (Fsp3) is 0.727. The first-order valence-corrected chi connectivity index (χ1v) is 5.38. The van der Waals surface area contributed by atoms with Crippen LogP contribution in [0.15, 0.2) is 11.6 Å². The van der Waals surface area contributed by atoms with E-state index in [2.05, 4.69) is 31.0 Å². The second-order valence-corrected chi connectivity index (χ2v) is 3.48. The zero-order valence-electron chi connectivity index (χ0n) is 10.1. The van der Waals surface area contributed by atoms with Crippen molar-refractivity contribution in [3.8, 4) is 0 Å². The summed E-state index contributed by atoms with van der Waals surface area (Å²) in [5.74, 6) is -0.212. The molecule has 0 heterocycles. The summed E-state index contributed by atoms with van der Waals surface area (Å²) in [5, 5.41) is 10.9. The Kier molecular flexibility index (Phi) is 6.99. The van der Waals surface area contributed by atoms with Gasteiger partial charge in [0.25, 0.3) is 0 Å². The Bertz CT molecular complexity index is 223. The molecule has 1 amide bonds. The van der Waals surface area contributed by atoms with Gasteiger partial charge in [-0.25, -0.2) is 0 Å². The third kappa shape index (κ3) is 4.95. The van der Waals surface area contributed by atoms with Crippen LogP contribution < -0.4 is 5.32 Å². The summed E-state index contributed by atoms with van der Waals surface area (Å²) in [4.78, 5) is 13.6. The second kappa shape index (κ2) is 7.43. The van der Waals surface area contributed by atoms with Crippen LogP contribution in [-0.2, 0) is 4.79 Å². The number of carbonyl (C=O) groups excluding carboxylic acids is 1. The molecule has 0 fully saturated rings. The minimum Gasteiger partial charge on any atom is -0.376 e. The summed E-state index contributed by atoms with van der Waals surface area (Å²) < 4.78 is 0. The van der Waals surface area contributed by atoms with Gasteiger partial charge in [-0.1, -0.05) is 19.9 Å². The first kappa shape index (κ1) is 14.1. The van der Waals surface area contributed by atoms with Crippen molar-refractivity contribution >= 4 is 5.91 Å². The Hall–Kier alpha value is -0.870. The van der Waals surface area contributed by atoms with Gasteiger partial charge in [-0.05, 0) is 26.9 Å². The summed E-state index contributed by atoms with van der Waals surface area (Å²) >= 11 is 0. The predicted octanol–water partition coefficient (Wildman–Crippen LogP) is 0.729. The molecule has 0 aliphatic rings. The normalized spacial score (nSPS) is 14.1. The molecule has 15 heavy (non-hydrogen) atoms. The van der Waals surface area contributed by atoms with E-state index in [1.807, 2.05) is 6.08 Å². The molecule has 1 atom stereocenters. The van der Waals surface area contributed by atoms with Crippen LogP contribution in [0.4, 0.5) is 0 Å². The van der Waals surface area contributed by atoms with Crippen LogP contribution in [0.1, 0.15) is 27.7 Å². The maximum absolute atomic E-state index is 11.3. The molecular weight excluding hydrogens is 192 g/mol. The van der Waals surface area contributed by atoms with Gasteiger partial charge in [0.1, 0.15) is 6.73 Å². The highest BCUT2D eigenvalue weighted by Crippen LogP contribution is 2.04. The van der Waals surface area contributed by atoms with Crippen molar-refractivity contribution in [2.75, 3.05) is 19.8 Å². The van der Waals surface area contributed by atoms with Crippen LogP contribution >= 0.6 is 0 Å². The van der Waals surface area contributed by atoms with E-state index in [1.54, 1.807) is 6.92 Å². The number of nitrogens with zero attached hydrogens (tertiary/aromatic N) is 1. The molecule has 88 valence electrons. The van der Waals surface area contributed by atoms with Gasteiger partial charge < -0.3 is 10.4 Å². The number of aliphatic hydroxyl groups excluding tert-OH is 1. The standard InChI is InChI=1S/C11H22N2O2/c1-5-13(6-2)10(4)7-9(3)11(15)12-8-14/h7,10,14H,5-6,8H2,1-4H3,(H,12,15)/b9-7+. The molecule has 0 rings (SSSR count). The molecule has 0 aromatic heterocycles. The van der Waals surface area contributed by atoms with Crippen LogP contribution in [0.2, 0.25) is 0 Å². The fourth-order valence-electron chi connectivity index (χ4n) is 1.55. The lowest BCUT2D eigenvalue weighted by Gasteiger charge is -2.24. The third-order valence-electron chi connectivity index (χ3n) is 2.48. The van der Waals surface area contributed by atoms with Crippen LogP contribution in [0, 0.1) is 0 Å². The van der Waals surface area contributed by atoms with Crippen LogP contribution in [0.5, 0.6) is 0 Å². The minimum atomic E-state index is -0.316. The maximum Gasteiger partial charge on any atom is 0.248 e. The summed E-state index contributed by atoms with van der Waals surface area (Å²) in [7, 11) is 0. The molecule has 0 radical (unpaired) electrons. The number of likely N-dealkylation sites (N-methyl/N-ethyl adjacent to an activating group) is 1. The van der Waals surface area contributed by atoms with Crippen molar-refractivity contribution in [3.05, 3.63) is 11.6 Å². The number of aliphatic hydroxyl groups is 1. The van der Waals surface area contributed by atoms with Crippen LogP contribution in [0.3, 0.4) is 0 Å². The fourth-order valence-corrected chi connectivity index (χ4v) is 1.55. The molecular formula is C11H22N2O2. The van der Waals surface area contributed by atoms with Gasteiger partial charge in [-0.3, -0.25) is 9.69 Å². The lowest BCUT2D eigenvalue weighted by atomic mass is 10.1. The van der Waals surface area contributed by atoms with Crippen molar-refractivity contribution in [1.29, 1.82) is 0 Å². The molecule has 1 unspecified atom stereocenters. The van der Waals surface area contributed by atoms with E-state index in [1.165, 1.54) is 0 Å². The zero-order valence-corrected chi connectivity index (χ0v) is 10.1. The molecule has 0 aliphatic carbocycles. The van der Waals surface area contributed by atoms with Crippen LogP contribution in [0.25, 0.3) is 0 Å². The number of nitrogens with one attached hydrogen (secondary N) is 1. The van der Waals surface area contributed by atoms with E-state index in [0.29, 0.717) is 5.57 Å². The zero-order chi connectivity index (χ0) is 11.8. The monoisotopic (exact) mass is 214 g/mol. The Morgan fingerprint density at radius 3 is 2.40 bits per heavy atom. The van der Waals surface area contributed by atoms with E-state index in [-0.39, 0.29) is 18.7 Å². The quantitative estimate of drug-likeness (QED) is 0.506. The summed E-state index contributed by atoms with van der Waals surface area (Å²) in [6, 6.07) is 0.240. The van der Waals surface area contributed by atoms with Gasteiger partial charge in [0.15, 0.2) is 0 Å². The van der Waals surface area contributed by atoms with Gasteiger partial charge in [0.2, 0.25) is 5.91 Å². The van der Waals surface area contributed by atoms with Gasteiger partial charge in [0.05, 0.1) is 0 Å². The molecule has 0 aliphatic heterocycles. The van der Waals surface area contributed by atoms with Crippen molar-refractivity contribution < 1.29 is 9.90 Å². The van der Waals surface area contributed by atoms with Gasteiger partial charge in [0, 0.05) is 11.6 Å². The third-order valence-corrected chi connectivity index (χ3v) is 2.48. The summed E-state index contributed by atoms with van der Waals surface area (Å²) in [6.07, 6.45) is 1.91. The van der Waals surface area contributed by atoms with Gasteiger partial charge in [-0.2, -0.15) is 0 Å². The number of amides is 1. The van der Waals surface area contributed by atoms with E-state index in [0.717, 1.165) is 13.1 Å². The van der Waals surface area contributed by atoms with Crippen molar-refractivity contribution in [2.24, 2.45) is 0 Å². The Labute approximate surface area is 92.0 Å². The van der Waals surface area contributed by atoms with E-state index in [9.17, 15) is 4.79 Å². The smallest absolute Gasteiger partial charge is 0.248 e. The molecule has 0 aromatic rings. The topological polar surface area (TPSA) is 52.6 Å². The first-order valence-electron chi connectivity index (χ1n) is 5.38. The number of hydrogen-bond acceptors (Lipinski definition) is 3. The second-order valence-electron chi connectivity index (χ2n) is 3.48. The predicted molar refractivity (Wildman–Crippen MR) is 61.4 cm³/mol. The molecule has 2 N–H and O–H groups in total. The minimum absolute atomic E-state index is 0.212. The molecule has 0 saturated carbocycles. The van der Waals surface area contributed by atoms with E-state index < -0.39 is 0 Å². The molecule has 4 nitrogen and oxygen atoms in total. The Morgan fingerprint density at radius 1 is 1.47 bits per heavy atom. The van der Waals surface area contributed by atoms with E-state index in [4.69, 9.17) is 5.11 Å². The number of rotatable bonds is 6. The average molecular weight is 214 g/mol. The van der Waals surface area contributed by atoms with Gasteiger partial charge >= 0.3 is 0 Å². The molecule has 0 saturated heterocycles. The highest BCUT2D eigenvalue weighted by molar-refractivity contribution is 5.92. The molecule has 4 heteroatoms. The average Bonchev–Trinajstić information content (AvgIpc) is 2.19. The SMILES string of the molecule is CCN(CC)C(C)/C=C(\C)C(=O)NCO. The highest BCUT2D eigenvalue weighted by atomic mass is 16.3. The van der Waals surface area contributed by atoms with E-state index >= 15 is 0 Å². The van der Waals surface area contributed by atoms with Crippen molar-refractivity contribution in [3.63, 3.8) is 0 Å². The lowest BCUT2D eigenvalue weighted by Crippen LogP contribution is -2.32. The molecule has 0 bridgehead atoms. The maximum atomic E-state index is 11.3. The Morgan fingerprint density at radius 2 is 2.00 bits per heavy atom. The van der Waals surface area contributed by atoms with Gasteiger partial charge in [-0.15, -0.1) is 0 Å². The number of hydrogen-bond donors (Lipinski definition) is 2. The largest absolute Gasteiger partial charge is 0.376 e. The molecule has 0 aromatic carbocycles. The number of carbonyl (C=O) groups is 1. The highest BCUT2D eigenvalue weighted by Gasteiger charge is 2.09. The Balaban J connectivity index is 4.38. The van der Waals surface area contributed by atoms with Crippen molar-refractivity contribution in [2.45, 2.75) is 33.7 Å². The van der Waals surface area contributed by atoms with Crippen LogP contribution in [-0.4, -0.2) is 41.8 Å². The summed E-state index contributed by atoms with van der Waals surface area (Å²) in [5.41, 5.74) is 0.642.